The van der Waals surface area contributed by atoms with E-state index >= 15 is 0 Å². The van der Waals surface area contributed by atoms with Gasteiger partial charge >= 0.3 is 11.9 Å². The molecule has 0 amide bonds. The molecule has 1 aliphatic rings. The van der Waals surface area contributed by atoms with E-state index < -0.39 is 34.0 Å². The molecule has 0 radical (unpaired) electrons. The lowest BCUT2D eigenvalue weighted by Gasteiger charge is -2.19. The zero-order chi connectivity index (χ0) is 14.8. The van der Waals surface area contributed by atoms with Crippen molar-refractivity contribution in [3.05, 3.63) is 24.3 Å². The molecule has 1 saturated heterocycles. The molecule has 106 valence electrons. The maximum atomic E-state index is 11.5. The van der Waals surface area contributed by atoms with E-state index in [1.165, 1.54) is 13.8 Å². The molecule has 0 aliphatic carbocycles. The SMILES string of the molecule is C=C(C)C(=O)OC1CS(=O)(=O)CC1OC(=O)C(=C)C. The maximum absolute atomic E-state index is 11.5. The Morgan fingerprint density at radius 3 is 1.53 bits per heavy atom. The van der Waals surface area contributed by atoms with Crippen molar-refractivity contribution in [2.75, 3.05) is 11.5 Å². The summed E-state index contributed by atoms with van der Waals surface area (Å²) in [5, 5.41) is 0. The van der Waals surface area contributed by atoms with E-state index in [2.05, 4.69) is 13.2 Å². The van der Waals surface area contributed by atoms with Gasteiger partial charge in [0.05, 0.1) is 11.5 Å². The average molecular weight is 288 g/mol. The van der Waals surface area contributed by atoms with Crippen LogP contribution >= 0.6 is 0 Å². The number of rotatable bonds is 4. The normalized spacial score (nSPS) is 24.5. The second kappa shape index (κ2) is 5.56. The Morgan fingerprint density at radius 1 is 0.947 bits per heavy atom. The lowest BCUT2D eigenvalue weighted by molar-refractivity contribution is -0.158. The van der Waals surface area contributed by atoms with E-state index in [0.717, 1.165) is 0 Å². The number of carbonyl (C=O) groups excluding carboxylic acids is 2. The summed E-state index contributed by atoms with van der Waals surface area (Å²) in [5.74, 6) is -2.14. The minimum atomic E-state index is -3.40. The highest BCUT2D eigenvalue weighted by Gasteiger charge is 2.42. The summed E-state index contributed by atoms with van der Waals surface area (Å²) in [5.41, 5.74) is 0.295. The van der Waals surface area contributed by atoms with Gasteiger partial charge in [0.25, 0.3) is 0 Å². The number of ether oxygens (including phenoxy) is 2. The fourth-order valence-corrected chi connectivity index (χ4v) is 3.18. The van der Waals surface area contributed by atoms with E-state index in [1.807, 2.05) is 0 Å². The Balaban J connectivity index is 2.81. The highest BCUT2D eigenvalue weighted by molar-refractivity contribution is 7.91. The van der Waals surface area contributed by atoms with Crippen molar-refractivity contribution in [3.63, 3.8) is 0 Å². The summed E-state index contributed by atoms with van der Waals surface area (Å²) >= 11 is 0. The molecule has 0 N–H and O–H groups in total. The standard InChI is InChI=1S/C12H16O6S/c1-7(2)11(13)17-9-5-19(15,16)6-10(9)18-12(14)8(3)4/h9-10H,1,3,5-6H2,2,4H3. The van der Waals surface area contributed by atoms with Crippen LogP contribution in [0.3, 0.4) is 0 Å². The van der Waals surface area contributed by atoms with Gasteiger partial charge in [-0.3, -0.25) is 0 Å². The van der Waals surface area contributed by atoms with Gasteiger partial charge in [0, 0.05) is 11.1 Å². The zero-order valence-corrected chi connectivity index (χ0v) is 11.7. The number of carbonyl (C=O) groups is 2. The van der Waals surface area contributed by atoms with Crippen LogP contribution in [0.4, 0.5) is 0 Å². The Morgan fingerprint density at radius 2 is 1.26 bits per heavy atom. The summed E-state index contributed by atoms with van der Waals surface area (Å²) in [6.07, 6.45) is -2.00. The van der Waals surface area contributed by atoms with Crippen LogP contribution in [-0.2, 0) is 28.9 Å². The molecule has 2 unspecified atom stereocenters. The second-order valence-corrected chi connectivity index (χ2v) is 6.68. The highest BCUT2D eigenvalue weighted by Crippen LogP contribution is 2.21. The molecule has 0 aromatic carbocycles. The number of esters is 2. The van der Waals surface area contributed by atoms with Crippen LogP contribution in [0.25, 0.3) is 0 Å². The smallest absolute Gasteiger partial charge is 0.333 e. The summed E-state index contributed by atoms with van der Waals surface area (Å²) in [4.78, 5) is 22.8. The summed E-state index contributed by atoms with van der Waals surface area (Å²) in [6, 6.07) is 0. The third-order valence-electron chi connectivity index (χ3n) is 2.46. The molecule has 6 nitrogen and oxygen atoms in total. The van der Waals surface area contributed by atoms with Crippen LogP contribution in [0.5, 0.6) is 0 Å². The molecular formula is C12H16O6S. The van der Waals surface area contributed by atoms with Crippen LogP contribution in [0, 0.1) is 0 Å². The first-order valence-electron chi connectivity index (χ1n) is 5.56. The Kier molecular flexibility index (Phi) is 4.52. The Bertz CT molecular complexity index is 488. The van der Waals surface area contributed by atoms with Crippen molar-refractivity contribution < 1.29 is 27.5 Å². The van der Waals surface area contributed by atoms with Gasteiger partial charge in [-0.15, -0.1) is 0 Å². The van der Waals surface area contributed by atoms with Crippen molar-refractivity contribution >= 4 is 21.8 Å². The summed E-state index contributed by atoms with van der Waals surface area (Å²) in [6.45, 7) is 9.69. The number of hydrogen-bond donors (Lipinski definition) is 0. The van der Waals surface area contributed by atoms with Crippen molar-refractivity contribution in [2.24, 2.45) is 0 Å². The minimum absolute atomic E-state index is 0.147. The van der Waals surface area contributed by atoms with E-state index in [9.17, 15) is 18.0 Å². The Hall–Kier alpha value is -1.63. The fourth-order valence-electron chi connectivity index (χ4n) is 1.48. The molecule has 2 atom stereocenters. The third kappa shape index (κ3) is 4.20. The molecule has 1 fully saturated rings. The van der Waals surface area contributed by atoms with Gasteiger partial charge in [-0.1, -0.05) is 13.2 Å². The van der Waals surface area contributed by atoms with Crippen LogP contribution in [0.1, 0.15) is 13.8 Å². The van der Waals surface area contributed by atoms with Crippen LogP contribution < -0.4 is 0 Å². The van der Waals surface area contributed by atoms with Crippen LogP contribution in [0.15, 0.2) is 24.3 Å². The van der Waals surface area contributed by atoms with Crippen molar-refractivity contribution in [1.82, 2.24) is 0 Å². The van der Waals surface area contributed by atoms with Gasteiger partial charge in [-0.05, 0) is 13.8 Å². The minimum Gasteiger partial charge on any atom is -0.454 e. The zero-order valence-electron chi connectivity index (χ0n) is 10.8. The molecule has 0 saturated carbocycles. The van der Waals surface area contributed by atoms with E-state index in [1.54, 1.807) is 0 Å². The molecule has 0 aromatic rings. The second-order valence-electron chi connectivity index (χ2n) is 4.53. The third-order valence-corrected chi connectivity index (χ3v) is 4.14. The van der Waals surface area contributed by atoms with Crippen LogP contribution in [0.2, 0.25) is 0 Å². The predicted octanol–water partition coefficient (Wildman–Crippen LogP) is 0.391. The van der Waals surface area contributed by atoms with E-state index in [0.29, 0.717) is 0 Å². The quantitative estimate of drug-likeness (QED) is 0.549. The lowest BCUT2D eigenvalue weighted by Crippen LogP contribution is -2.34. The highest BCUT2D eigenvalue weighted by atomic mass is 32.2. The molecule has 0 aromatic heterocycles. The number of sulfone groups is 1. The van der Waals surface area contributed by atoms with Crippen molar-refractivity contribution in [2.45, 2.75) is 26.1 Å². The first-order valence-corrected chi connectivity index (χ1v) is 7.38. The van der Waals surface area contributed by atoms with Gasteiger partial charge in [-0.25, -0.2) is 18.0 Å². The molecule has 1 rings (SSSR count). The first kappa shape index (κ1) is 15.4. The largest absolute Gasteiger partial charge is 0.454 e. The predicted molar refractivity (Wildman–Crippen MR) is 68.0 cm³/mol. The molecule has 0 bridgehead atoms. The van der Waals surface area contributed by atoms with Crippen molar-refractivity contribution in [3.8, 4) is 0 Å². The van der Waals surface area contributed by atoms with E-state index in [4.69, 9.17) is 9.47 Å². The molecule has 1 aliphatic heterocycles. The van der Waals surface area contributed by atoms with Gasteiger partial charge in [-0.2, -0.15) is 0 Å². The fraction of sp³-hybridized carbons (Fsp3) is 0.500. The van der Waals surface area contributed by atoms with Gasteiger partial charge < -0.3 is 9.47 Å². The van der Waals surface area contributed by atoms with E-state index in [-0.39, 0.29) is 22.7 Å². The van der Waals surface area contributed by atoms with Gasteiger partial charge in [0.15, 0.2) is 22.0 Å². The molecule has 19 heavy (non-hydrogen) atoms. The molecule has 1 heterocycles. The topological polar surface area (TPSA) is 86.7 Å². The number of hydrogen-bond acceptors (Lipinski definition) is 6. The van der Waals surface area contributed by atoms with Gasteiger partial charge in [0.1, 0.15) is 0 Å². The van der Waals surface area contributed by atoms with Crippen molar-refractivity contribution in [1.29, 1.82) is 0 Å². The summed E-state index contributed by atoms with van der Waals surface area (Å²) in [7, 11) is -3.40. The first-order chi connectivity index (χ1) is 8.62. The Labute approximate surface area is 112 Å². The van der Waals surface area contributed by atoms with Gasteiger partial charge in [0.2, 0.25) is 0 Å². The monoisotopic (exact) mass is 288 g/mol. The molecule has 0 spiro atoms. The maximum Gasteiger partial charge on any atom is 0.333 e. The average Bonchev–Trinajstić information content (AvgIpc) is 2.52. The molecular weight excluding hydrogens is 272 g/mol. The molecule has 7 heteroatoms. The van der Waals surface area contributed by atoms with Crippen LogP contribution in [-0.4, -0.2) is 44.1 Å². The summed E-state index contributed by atoms with van der Waals surface area (Å²) < 4.78 is 33.0. The lowest BCUT2D eigenvalue weighted by atomic mass is 10.2.